The van der Waals surface area contributed by atoms with Gasteiger partial charge in [-0.05, 0) is 26.3 Å². The first kappa shape index (κ1) is 14.1. The second kappa shape index (κ2) is 5.48. The molecule has 0 radical (unpaired) electrons. The average molecular weight is 291 g/mol. The topological polar surface area (TPSA) is 69.2 Å². The van der Waals surface area contributed by atoms with Crippen molar-refractivity contribution < 1.29 is 9.26 Å². The zero-order chi connectivity index (χ0) is 15.0. The minimum absolute atomic E-state index is 0.299. The van der Waals surface area contributed by atoms with Gasteiger partial charge in [-0.1, -0.05) is 5.16 Å². The smallest absolute Gasteiger partial charge is 0.223 e. The van der Waals surface area contributed by atoms with Gasteiger partial charge in [0, 0.05) is 20.0 Å². The number of hydrogen-bond donors (Lipinski definition) is 0. The molecule has 1 fully saturated rings. The van der Waals surface area contributed by atoms with Crippen LogP contribution in [-0.2, 0) is 13.6 Å². The molecule has 114 valence electrons. The number of aryl methyl sites for hydroxylation is 3. The highest BCUT2D eigenvalue weighted by Gasteiger charge is 2.32. The lowest BCUT2D eigenvalue weighted by molar-refractivity contribution is 0.231. The minimum atomic E-state index is 0.299. The molecule has 21 heavy (non-hydrogen) atoms. The van der Waals surface area contributed by atoms with Gasteiger partial charge in [0.05, 0.1) is 24.9 Å². The third-order valence-corrected chi connectivity index (χ3v) is 4.02. The SMILES string of the molecule is COc1c([C@H]2CCCN2Cc2noc(C)n2)c(C)nn1C. The third kappa shape index (κ3) is 2.53. The van der Waals surface area contributed by atoms with Crippen LogP contribution in [0.1, 0.15) is 41.9 Å². The first-order valence-corrected chi connectivity index (χ1v) is 7.21. The van der Waals surface area contributed by atoms with Crippen LogP contribution in [0.3, 0.4) is 0 Å². The maximum atomic E-state index is 5.54. The van der Waals surface area contributed by atoms with Crippen LogP contribution >= 0.6 is 0 Å². The van der Waals surface area contributed by atoms with Gasteiger partial charge < -0.3 is 9.26 Å². The van der Waals surface area contributed by atoms with Crippen LogP contribution in [0.5, 0.6) is 5.88 Å². The van der Waals surface area contributed by atoms with Gasteiger partial charge in [0.15, 0.2) is 5.82 Å². The molecule has 7 nitrogen and oxygen atoms in total. The Hall–Kier alpha value is -1.89. The summed E-state index contributed by atoms with van der Waals surface area (Å²) in [6.07, 6.45) is 2.25. The second-order valence-corrected chi connectivity index (χ2v) is 5.49. The summed E-state index contributed by atoms with van der Waals surface area (Å²) in [6.45, 7) is 5.56. The number of aromatic nitrogens is 4. The van der Waals surface area contributed by atoms with Crippen molar-refractivity contribution in [3.05, 3.63) is 23.0 Å². The maximum absolute atomic E-state index is 5.54. The molecule has 0 spiro atoms. The Balaban J connectivity index is 1.87. The molecule has 0 aliphatic carbocycles. The van der Waals surface area contributed by atoms with Crippen LogP contribution in [0.2, 0.25) is 0 Å². The van der Waals surface area contributed by atoms with Crippen LogP contribution in [-0.4, -0.2) is 38.5 Å². The summed E-state index contributed by atoms with van der Waals surface area (Å²) in [6, 6.07) is 0.299. The van der Waals surface area contributed by atoms with Gasteiger partial charge in [0.2, 0.25) is 11.8 Å². The van der Waals surface area contributed by atoms with E-state index < -0.39 is 0 Å². The lowest BCUT2D eigenvalue weighted by Gasteiger charge is -2.23. The highest BCUT2D eigenvalue weighted by Crippen LogP contribution is 2.39. The summed E-state index contributed by atoms with van der Waals surface area (Å²) in [7, 11) is 3.61. The normalized spacial score (nSPS) is 19.3. The molecule has 3 heterocycles. The zero-order valence-electron chi connectivity index (χ0n) is 13.0. The van der Waals surface area contributed by atoms with Crippen LogP contribution in [0, 0.1) is 13.8 Å². The molecular weight excluding hydrogens is 270 g/mol. The van der Waals surface area contributed by atoms with Crippen LogP contribution in [0.15, 0.2) is 4.52 Å². The van der Waals surface area contributed by atoms with Gasteiger partial charge in [0.1, 0.15) is 0 Å². The lowest BCUT2D eigenvalue weighted by Crippen LogP contribution is -2.24. The maximum Gasteiger partial charge on any atom is 0.223 e. The van der Waals surface area contributed by atoms with E-state index in [1.54, 1.807) is 11.8 Å². The summed E-state index contributed by atoms with van der Waals surface area (Å²) >= 11 is 0. The molecule has 0 bridgehead atoms. The predicted molar refractivity (Wildman–Crippen MR) is 75.9 cm³/mol. The molecule has 2 aromatic rings. The summed E-state index contributed by atoms with van der Waals surface area (Å²) in [5, 5.41) is 8.49. The second-order valence-electron chi connectivity index (χ2n) is 5.49. The fourth-order valence-corrected chi connectivity index (χ4v) is 3.21. The van der Waals surface area contributed by atoms with Crippen molar-refractivity contribution in [2.75, 3.05) is 13.7 Å². The molecule has 0 aromatic carbocycles. The van der Waals surface area contributed by atoms with Crippen LogP contribution < -0.4 is 4.74 Å². The first-order chi connectivity index (χ1) is 10.1. The zero-order valence-corrected chi connectivity index (χ0v) is 13.0. The Morgan fingerprint density at radius 1 is 1.38 bits per heavy atom. The van der Waals surface area contributed by atoms with Gasteiger partial charge >= 0.3 is 0 Å². The molecule has 1 aliphatic heterocycles. The van der Waals surface area contributed by atoms with Crippen LogP contribution in [0.4, 0.5) is 0 Å². The number of ether oxygens (including phenoxy) is 1. The van der Waals surface area contributed by atoms with E-state index in [1.165, 1.54) is 5.56 Å². The van der Waals surface area contributed by atoms with E-state index in [-0.39, 0.29) is 0 Å². The molecule has 1 aliphatic rings. The highest BCUT2D eigenvalue weighted by atomic mass is 16.5. The Kier molecular flexibility index (Phi) is 3.67. The van der Waals surface area contributed by atoms with Crippen LogP contribution in [0.25, 0.3) is 0 Å². The summed E-state index contributed by atoms with van der Waals surface area (Å²) in [5.74, 6) is 2.18. The van der Waals surface area contributed by atoms with E-state index in [9.17, 15) is 0 Å². The molecule has 0 unspecified atom stereocenters. The molecule has 7 heteroatoms. The van der Waals surface area contributed by atoms with Crippen molar-refractivity contribution in [2.45, 2.75) is 39.3 Å². The largest absolute Gasteiger partial charge is 0.481 e. The molecule has 3 rings (SSSR count). The van der Waals surface area contributed by atoms with Crippen molar-refractivity contribution in [3.63, 3.8) is 0 Å². The molecule has 0 amide bonds. The fourth-order valence-electron chi connectivity index (χ4n) is 3.21. The summed E-state index contributed by atoms with van der Waals surface area (Å²) in [5.41, 5.74) is 2.20. The summed E-state index contributed by atoms with van der Waals surface area (Å²) in [4.78, 5) is 6.67. The molecule has 0 saturated carbocycles. The monoisotopic (exact) mass is 291 g/mol. The number of rotatable bonds is 4. The average Bonchev–Trinajstić information content (AvgIpc) is 3.10. The Bertz CT molecular complexity index is 633. The molecule has 0 N–H and O–H groups in total. The molecule has 1 saturated heterocycles. The number of hydrogen-bond acceptors (Lipinski definition) is 6. The molecule has 1 atom stereocenters. The van der Waals surface area contributed by atoms with E-state index in [4.69, 9.17) is 9.26 Å². The predicted octanol–water partition coefficient (Wildman–Crippen LogP) is 1.77. The van der Waals surface area contributed by atoms with Crippen molar-refractivity contribution in [3.8, 4) is 5.88 Å². The Morgan fingerprint density at radius 3 is 2.86 bits per heavy atom. The van der Waals surface area contributed by atoms with Gasteiger partial charge in [0.25, 0.3) is 0 Å². The van der Waals surface area contributed by atoms with E-state index in [0.29, 0.717) is 18.5 Å². The van der Waals surface area contributed by atoms with Gasteiger partial charge in [-0.2, -0.15) is 10.1 Å². The van der Waals surface area contributed by atoms with Crippen molar-refractivity contribution in [1.29, 1.82) is 0 Å². The Morgan fingerprint density at radius 2 is 2.19 bits per heavy atom. The minimum Gasteiger partial charge on any atom is -0.481 e. The van der Waals surface area contributed by atoms with Gasteiger partial charge in [-0.15, -0.1) is 0 Å². The van der Waals surface area contributed by atoms with Crippen molar-refractivity contribution >= 4 is 0 Å². The van der Waals surface area contributed by atoms with Crippen molar-refractivity contribution in [1.82, 2.24) is 24.8 Å². The lowest BCUT2D eigenvalue weighted by atomic mass is 10.1. The Labute approximate surface area is 123 Å². The summed E-state index contributed by atoms with van der Waals surface area (Å²) < 4.78 is 12.4. The highest BCUT2D eigenvalue weighted by molar-refractivity contribution is 5.35. The first-order valence-electron chi connectivity index (χ1n) is 7.21. The number of nitrogens with zero attached hydrogens (tertiary/aromatic N) is 5. The van der Waals surface area contributed by atoms with E-state index in [2.05, 4.69) is 20.1 Å². The molecule has 2 aromatic heterocycles. The quantitative estimate of drug-likeness (QED) is 0.855. The van der Waals surface area contributed by atoms with Crippen molar-refractivity contribution in [2.24, 2.45) is 7.05 Å². The fraction of sp³-hybridized carbons (Fsp3) is 0.643. The van der Waals surface area contributed by atoms with Gasteiger partial charge in [-0.3, -0.25) is 4.90 Å². The van der Waals surface area contributed by atoms with E-state index in [0.717, 1.165) is 36.8 Å². The third-order valence-electron chi connectivity index (χ3n) is 4.02. The van der Waals surface area contributed by atoms with E-state index in [1.807, 2.05) is 20.9 Å². The molecular formula is C14H21N5O2. The van der Waals surface area contributed by atoms with E-state index >= 15 is 0 Å². The standard InChI is InChI=1S/C14H21N5O2/c1-9-13(14(20-4)18(3)16-9)11-6-5-7-19(11)8-12-15-10(2)21-17-12/h11H,5-8H2,1-4H3/t11-/m1/s1. The number of methoxy groups -OCH3 is 1. The number of likely N-dealkylation sites (tertiary alicyclic amines) is 1. The van der Waals surface area contributed by atoms with Gasteiger partial charge in [-0.25, -0.2) is 4.68 Å².